The molecule has 0 spiro atoms. The van der Waals surface area contributed by atoms with E-state index in [1.807, 2.05) is 13.1 Å². The van der Waals surface area contributed by atoms with Gasteiger partial charge in [-0.3, -0.25) is 10.8 Å². The van der Waals surface area contributed by atoms with Crippen LogP contribution in [0, 0.1) is 23.2 Å². The number of anilines is 3. The van der Waals surface area contributed by atoms with Crippen molar-refractivity contribution in [3.63, 3.8) is 0 Å². The lowest BCUT2D eigenvalue weighted by atomic mass is 9.97. The third-order valence-corrected chi connectivity index (χ3v) is 4.88. The second-order valence-corrected chi connectivity index (χ2v) is 8.79. The summed E-state index contributed by atoms with van der Waals surface area (Å²) in [5.41, 5.74) is 3.15. The molecule has 0 saturated carbocycles. The molecule has 1 aromatic carbocycles. The fraction of sp³-hybridized carbons (Fsp3) is 0.348. The Kier molecular flexibility index (Phi) is 6.57. The van der Waals surface area contributed by atoms with Crippen LogP contribution < -0.4 is 15.4 Å². The van der Waals surface area contributed by atoms with E-state index in [1.54, 1.807) is 38.6 Å². The molecule has 168 valence electrons. The summed E-state index contributed by atoms with van der Waals surface area (Å²) < 4.78 is 5.51. The zero-order valence-electron chi connectivity index (χ0n) is 19.4. The standard InChI is InChI=1S/C23H30N8O/c1-14-10-26-21(28-12-23(2,3)4)19-16(14)11-27-22(30-19)29-17-8-7-15(9-18(17)32-6)20(25)31(5)13-24/h7-11,13,24-25H,12H2,1-6H3,(H,26,28)(H,27,29,30). The van der Waals surface area contributed by atoms with Gasteiger partial charge in [0.1, 0.15) is 17.1 Å². The van der Waals surface area contributed by atoms with Gasteiger partial charge < -0.3 is 20.3 Å². The molecule has 2 aromatic heterocycles. The number of fused-ring (bicyclic) bond motifs is 1. The van der Waals surface area contributed by atoms with Crippen molar-refractivity contribution in [2.24, 2.45) is 5.41 Å². The predicted molar refractivity (Wildman–Crippen MR) is 130 cm³/mol. The second-order valence-electron chi connectivity index (χ2n) is 8.79. The van der Waals surface area contributed by atoms with Crippen LogP contribution in [0.15, 0.2) is 30.6 Å². The summed E-state index contributed by atoms with van der Waals surface area (Å²) >= 11 is 0. The van der Waals surface area contributed by atoms with Gasteiger partial charge in [0.25, 0.3) is 0 Å². The molecular weight excluding hydrogens is 404 g/mol. The number of ether oxygens (including phenoxy) is 1. The summed E-state index contributed by atoms with van der Waals surface area (Å²) in [5.74, 6) is 1.88. The first-order valence-electron chi connectivity index (χ1n) is 10.3. The van der Waals surface area contributed by atoms with Crippen LogP contribution >= 0.6 is 0 Å². The third kappa shape index (κ3) is 5.11. The summed E-state index contributed by atoms with van der Waals surface area (Å²) in [7, 11) is 3.22. The van der Waals surface area contributed by atoms with Crippen molar-refractivity contribution < 1.29 is 4.74 Å². The van der Waals surface area contributed by atoms with Crippen molar-refractivity contribution in [3.8, 4) is 5.75 Å². The molecule has 32 heavy (non-hydrogen) atoms. The van der Waals surface area contributed by atoms with Gasteiger partial charge in [-0.15, -0.1) is 0 Å². The number of aromatic nitrogens is 3. The number of nitrogens with zero attached hydrogens (tertiary/aromatic N) is 4. The molecule has 4 N–H and O–H groups in total. The lowest BCUT2D eigenvalue weighted by Crippen LogP contribution is -2.24. The Morgan fingerprint density at radius 2 is 1.97 bits per heavy atom. The molecule has 0 aliphatic heterocycles. The highest BCUT2D eigenvalue weighted by molar-refractivity contribution is 6.02. The van der Waals surface area contributed by atoms with Crippen LogP contribution in [0.3, 0.4) is 0 Å². The Bertz CT molecular complexity index is 1150. The minimum Gasteiger partial charge on any atom is -0.495 e. The molecule has 0 saturated heterocycles. The zero-order chi connectivity index (χ0) is 23.5. The first kappa shape index (κ1) is 22.9. The molecule has 0 aliphatic carbocycles. The van der Waals surface area contributed by atoms with Gasteiger partial charge in [0, 0.05) is 36.9 Å². The quantitative estimate of drug-likeness (QED) is 0.321. The average Bonchev–Trinajstić information content (AvgIpc) is 2.77. The predicted octanol–water partition coefficient (Wildman–Crippen LogP) is 4.41. The minimum atomic E-state index is 0.0988. The molecule has 2 heterocycles. The van der Waals surface area contributed by atoms with Crippen LogP contribution in [0.25, 0.3) is 10.9 Å². The number of rotatable bonds is 7. The van der Waals surface area contributed by atoms with E-state index in [-0.39, 0.29) is 11.3 Å². The molecule has 0 radical (unpaired) electrons. The van der Waals surface area contributed by atoms with Crippen molar-refractivity contribution in [2.75, 3.05) is 31.3 Å². The summed E-state index contributed by atoms with van der Waals surface area (Å²) in [5, 5.41) is 23.1. The van der Waals surface area contributed by atoms with Gasteiger partial charge in [0.05, 0.1) is 19.1 Å². The Morgan fingerprint density at radius 1 is 1.22 bits per heavy atom. The summed E-state index contributed by atoms with van der Waals surface area (Å²) in [6.07, 6.45) is 4.70. The van der Waals surface area contributed by atoms with Gasteiger partial charge in [-0.1, -0.05) is 20.8 Å². The summed E-state index contributed by atoms with van der Waals surface area (Å²) in [6, 6.07) is 5.34. The van der Waals surface area contributed by atoms with Gasteiger partial charge in [-0.25, -0.2) is 15.0 Å². The Labute approximate surface area is 188 Å². The maximum absolute atomic E-state index is 8.18. The lowest BCUT2D eigenvalue weighted by molar-refractivity contribution is 0.416. The lowest BCUT2D eigenvalue weighted by Gasteiger charge is -2.20. The number of hydrogen-bond donors (Lipinski definition) is 4. The monoisotopic (exact) mass is 434 g/mol. The van der Waals surface area contributed by atoms with Crippen molar-refractivity contribution in [3.05, 3.63) is 41.7 Å². The van der Waals surface area contributed by atoms with Crippen LogP contribution in [0.1, 0.15) is 31.9 Å². The van der Waals surface area contributed by atoms with Crippen molar-refractivity contribution in [1.82, 2.24) is 19.9 Å². The maximum atomic E-state index is 8.18. The molecule has 0 amide bonds. The number of amidine groups is 1. The molecule has 0 bridgehead atoms. The van der Waals surface area contributed by atoms with E-state index in [4.69, 9.17) is 20.5 Å². The first-order chi connectivity index (χ1) is 15.1. The van der Waals surface area contributed by atoms with E-state index < -0.39 is 0 Å². The van der Waals surface area contributed by atoms with Gasteiger partial charge >= 0.3 is 0 Å². The van der Waals surface area contributed by atoms with Gasteiger partial charge in [-0.2, -0.15) is 0 Å². The van der Waals surface area contributed by atoms with E-state index in [2.05, 4.69) is 41.4 Å². The van der Waals surface area contributed by atoms with E-state index in [0.29, 0.717) is 22.9 Å². The maximum Gasteiger partial charge on any atom is 0.227 e. The van der Waals surface area contributed by atoms with E-state index >= 15 is 0 Å². The fourth-order valence-electron chi connectivity index (χ4n) is 3.01. The molecule has 3 rings (SSSR count). The highest BCUT2D eigenvalue weighted by Crippen LogP contribution is 2.30. The molecule has 0 aliphatic rings. The highest BCUT2D eigenvalue weighted by Gasteiger charge is 2.15. The van der Waals surface area contributed by atoms with E-state index in [0.717, 1.165) is 35.2 Å². The third-order valence-electron chi connectivity index (χ3n) is 4.88. The number of methoxy groups -OCH3 is 1. The largest absolute Gasteiger partial charge is 0.495 e. The number of pyridine rings is 1. The highest BCUT2D eigenvalue weighted by atomic mass is 16.5. The van der Waals surface area contributed by atoms with E-state index in [1.165, 1.54) is 4.90 Å². The number of aryl methyl sites for hydroxylation is 1. The van der Waals surface area contributed by atoms with Crippen LogP contribution in [0.2, 0.25) is 0 Å². The van der Waals surface area contributed by atoms with Crippen LogP contribution in [0.5, 0.6) is 5.75 Å². The molecular formula is C23H30N8O. The molecule has 9 heteroatoms. The number of hydrogen-bond acceptors (Lipinski definition) is 8. The first-order valence-corrected chi connectivity index (χ1v) is 10.3. The molecule has 9 nitrogen and oxygen atoms in total. The molecule has 3 aromatic rings. The van der Waals surface area contributed by atoms with Gasteiger partial charge in [-0.05, 0) is 36.1 Å². The van der Waals surface area contributed by atoms with Crippen molar-refractivity contribution in [1.29, 1.82) is 10.8 Å². The summed E-state index contributed by atoms with van der Waals surface area (Å²) in [6.45, 7) is 9.23. The topological polar surface area (TPSA) is 123 Å². The Morgan fingerprint density at radius 3 is 2.62 bits per heavy atom. The zero-order valence-corrected chi connectivity index (χ0v) is 19.4. The summed E-state index contributed by atoms with van der Waals surface area (Å²) in [4.78, 5) is 15.2. The van der Waals surface area contributed by atoms with Crippen LogP contribution in [0.4, 0.5) is 17.5 Å². The smallest absolute Gasteiger partial charge is 0.227 e. The average molecular weight is 435 g/mol. The number of benzene rings is 1. The van der Waals surface area contributed by atoms with Gasteiger partial charge in [0.15, 0.2) is 5.82 Å². The normalized spacial score (nSPS) is 11.2. The molecule has 0 atom stereocenters. The van der Waals surface area contributed by atoms with Crippen molar-refractivity contribution >= 4 is 40.5 Å². The molecule has 0 unspecified atom stereocenters. The van der Waals surface area contributed by atoms with Crippen molar-refractivity contribution in [2.45, 2.75) is 27.7 Å². The van der Waals surface area contributed by atoms with Crippen LogP contribution in [-0.2, 0) is 0 Å². The fourth-order valence-corrected chi connectivity index (χ4v) is 3.01. The second kappa shape index (κ2) is 9.17. The van der Waals surface area contributed by atoms with Gasteiger partial charge in [0.2, 0.25) is 5.95 Å². The van der Waals surface area contributed by atoms with E-state index in [9.17, 15) is 0 Å². The number of nitrogens with one attached hydrogen (secondary N) is 4. The van der Waals surface area contributed by atoms with Crippen LogP contribution in [-0.4, -0.2) is 52.7 Å². The Hall–Kier alpha value is -3.75. The minimum absolute atomic E-state index is 0.0988. The Balaban J connectivity index is 1.95. The molecule has 0 fully saturated rings. The SMILES string of the molecule is COc1cc(C(=N)N(C)C=N)ccc1Nc1ncc2c(C)cnc(NCC(C)(C)C)c2n1.